The average molecular weight is 393 g/mol. The van der Waals surface area contributed by atoms with E-state index in [4.69, 9.17) is 4.52 Å². The molecule has 3 aromatic rings. The number of nitrogens with one attached hydrogen (secondary N) is 2. The zero-order valence-electron chi connectivity index (χ0n) is 16.4. The summed E-state index contributed by atoms with van der Waals surface area (Å²) in [6, 6.07) is 9.62. The first-order chi connectivity index (χ1) is 14.1. The molecular formula is C20H23N7O2. The van der Waals surface area contributed by atoms with Crippen LogP contribution in [0, 0.1) is 6.92 Å². The van der Waals surface area contributed by atoms with Crippen molar-refractivity contribution >= 4 is 29.0 Å². The second kappa shape index (κ2) is 8.27. The smallest absolute Gasteiger partial charge is 0.258 e. The third-order valence-corrected chi connectivity index (χ3v) is 4.78. The van der Waals surface area contributed by atoms with Gasteiger partial charge in [-0.25, -0.2) is 9.97 Å². The molecule has 0 unspecified atom stereocenters. The Balaban J connectivity index is 1.35. The maximum absolute atomic E-state index is 12.5. The molecule has 1 amide bonds. The number of aromatic nitrogens is 3. The standard InChI is InChI=1S/C20H23N7O2/c1-14-11-18(25-29-14)24-20-21-12-15(13-22-20)19(28)23-16-3-5-17(6-4-16)27-9-7-26(2)8-10-27/h3-6,11-13H,7-10H2,1-2H3,(H,23,28)(H,21,22,24,25). The number of amides is 1. The first kappa shape index (κ1) is 18.9. The van der Waals surface area contributed by atoms with Crippen LogP contribution in [0.3, 0.4) is 0 Å². The number of anilines is 4. The van der Waals surface area contributed by atoms with Gasteiger partial charge in [-0.1, -0.05) is 5.16 Å². The van der Waals surface area contributed by atoms with Gasteiger partial charge in [0.1, 0.15) is 5.76 Å². The molecule has 0 aliphatic carbocycles. The van der Waals surface area contributed by atoms with E-state index in [1.54, 1.807) is 13.0 Å². The van der Waals surface area contributed by atoms with Crippen molar-refractivity contribution in [2.24, 2.45) is 0 Å². The van der Waals surface area contributed by atoms with E-state index in [-0.39, 0.29) is 5.91 Å². The number of nitrogens with zero attached hydrogens (tertiary/aromatic N) is 5. The Morgan fingerprint density at radius 3 is 2.38 bits per heavy atom. The van der Waals surface area contributed by atoms with Crippen LogP contribution in [-0.4, -0.2) is 59.2 Å². The van der Waals surface area contributed by atoms with E-state index >= 15 is 0 Å². The Kier molecular flexibility index (Phi) is 5.39. The van der Waals surface area contributed by atoms with Crippen LogP contribution >= 0.6 is 0 Å². The highest BCUT2D eigenvalue weighted by Crippen LogP contribution is 2.20. The molecule has 4 rings (SSSR count). The van der Waals surface area contributed by atoms with Crippen molar-refractivity contribution in [1.29, 1.82) is 0 Å². The lowest BCUT2D eigenvalue weighted by molar-refractivity contribution is 0.102. The monoisotopic (exact) mass is 393 g/mol. The van der Waals surface area contributed by atoms with Crippen LogP contribution in [0.4, 0.5) is 23.1 Å². The minimum Gasteiger partial charge on any atom is -0.369 e. The van der Waals surface area contributed by atoms with Crippen molar-refractivity contribution in [3.8, 4) is 0 Å². The molecule has 2 aromatic heterocycles. The lowest BCUT2D eigenvalue weighted by Crippen LogP contribution is -2.44. The van der Waals surface area contributed by atoms with Gasteiger partial charge >= 0.3 is 0 Å². The molecule has 0 atom stereocenters. The predicted molar refractivity (Wildman–Crippen MR) is 111 cm³/mol. The molecule has 1 saturated heterocycles. The van der Waals surface area contributed by atoms with Crippen LogP contribution in [0.1, 0.15) is 16.1 Å². The van der Waals surface area contributed by atoms with Gasteiger partial charge in [0.05, 0.1) is 5.56 Å². The zero-order valence-corrected chi connectivity index (χ0v) is 16.4. The minimum absolute atomic E-state index is 0.263. The van der Waals surface area contributed by atoms with Gasteiger partial charge in [0.25, 0.3) is 5.91 Å². The summed E-state index contributed by atoms with van der Waals surface area (Å²) in [4.78, 5) is 25.4. The van der Waals surface area contributed by atoms with Crippen LogP contribution in [0.2, 0.25) is 0 Å². The van der Waals surface area contributed by atoms with Crippen LogP contribution < -0.4 is 15.5 Å². The molecule has 0 saturated carbocycles. The fraction of sp³-hybridized carbons (Fsp3) is 0.300. The molecule has 1 fully saturated rings. The van der Waals surface area contributed by atoms with Gasteiger partial charge in [-0.15, -0.1) is 0 Å². The van der Waals surface area contributed by atoms with Crippen molar-refractivity contribution in [3.05, 3.63) is 54.0 Å². The highest BCUT2D eigenvalue weighted by atomic mass is 16.5. The average Bonchev–Trinajstić information content (AvgIpc) is 3.14. The van der Waals surface area contributed by atoms with Gasteiger partial charge in [0, 0.05) is 56.0 Å². The molecule has 29 heavy (non-hydrogen) atoms. The maximum Gasteiger partial charge on any atom is 0.258 e. The molecule has 9 nitrogen and oxygen atoms in total. The summed E-state index contributed by atoms with van der Waals surface area (Å²) in [7, 11) is 2.14. The molecule has 0 spiro atoms. The lowest BCUT2D eigenvalue weighted by Gasteiger charge is -2.34. The van der Waals surface area contributed by atoms with E-state index in [1.807, 2.05) is 24.3 Å². The van der Waals surface area contributed by atoms with Gasteiger partial charge in [0.2, 0.25) is 5.95 Å². The molecule has 1 aliphatic rings. The predicted octanol–water partition coefficient (Wildman–Crippen LogP) is 2.52. The number of likely N-dealkylation sites (N-methyl/N-ethyl adjacent to an activating group) is 1. The highest BCUT2D eigenvalue weighted by molar-refractivity contribution is 6.04. The van der Waals surface area contributed by atoms with Crippen molar-refractivity contribution in [1.82, 2.24) is 20.0 Å². The Bertz CT molecular complexity index is 961. The molecule has 0 bridgehead atoms. The number of hydrogen-bond acceptors (Lipinski definition) is 8. The maximum atomic E-state index is 12.5. The third kappa shape index (κ3) is 4.69. The van der Waals surface area contributed by atoms with E-state index in [0.717, 1.165) is 37.6 Å². The summed E-state index contributed by atoms with van der Waals surface area (Å²) < 4.78 is 4.98. The molecule has 150 valence electrons. The molecule has 0 radical (unpaired) electrons. The van der Waals surface area contributed by atoms with Gasteiger partial charge in [-0.3, -0.25) is 4.79 Å². The second-order valence-electron chi connectivity index (χ2n) is 7.03. The van der Waals surface area contributed by atoms with Gasteiger partial charge in [-0.2, -0.15) is 0 Å². The number of carbonyl (C=O) groups excluding carboxylic acids is 1. The molecule has 9 heteroatoms. The molecule has 2 N–H and O–H groups in total. The summed E-state index contributed by atoms with van der Waals surface area (Å²) in [5, 5.41) is 9.61. The van der Waals surface area contributed by atoms with E-state index in [1.165, 1.54) is 12.4 Å². The number of piperazine rings is 1. The van der Waals surface area contributed by atoms with E-state index in [2.05, 4.69) is 42.6 Å². The first-order valence-electron chi connectivity index (χ1n) is 9.44. The lowest BCUT2D eigenvalue weighted by atomic mass is 10.2. The van der Waals surface area contributed by atoms with Crippen molar-refractivity contribution in [2.45, 2.75) is 6.92 Å². The molecule has 1 aromatic carbocycles. The fourth-order valence-electron chi connectivity index (χ4n) is 3.07. The van der Waals surface area contributed by atoms with Gasteiger partial charge in [-0.05, 0) is 38.2 Å². The van der Waals surface area contributed by atoms with E-state index < -0.39 is 0 Å². The van der Waals surface area contributed by atoms with Crippen molar-refractivity contribution in [3.63, 3.8) is 0 Å². The summed E-state index contributed by atoms with van der Waals surface area (Å²) in [5.41, 5.74) is 2.26. The number of rotatable bonds is 5. The number of aryl methyl sites for hydroxylation is 1. The quantitative estimate of drug-likeness (QED) is 0.682. The number of benzene rings is 1. The van der Waals surface area contributed by atoms with Crippen LogP contribution in [0.25, 0.3) is 0 Å². The molecule has 3 heterocycles. The molecule has 1 aliphatic heterocycles. The topological polar surface area (TPSA) is 99.4 Å². The summed E-state index contributed by atoms with van der Waals surface area (Å²) >= 11 is 0. The van der Waals surface area contributed by atoms with E-state index in [0.29, 0.717) is 23.1 Å². The molecular weight excluding hydrogens is 370 g/mol. The Morgan fingerprint density at radius 2 is 1.76 bits per heavy atom. The first-order valence-corrected chi connectivity index (χ1v) is 9.44. The number of carbonyl (C=O) groups is 1. The number of hydrogen-bond donors (Lipinski definition) is 2. The SMILES string of the molecule is Cc1cc(Nc2ncc(C(=O)Nc3ccc(N4CCN(C)CC4)cc3)cn2)no1. The van der Waals surface area contributed by atoms with Crippen LogP contribution in [0.15, 0.2) is 47.2 Å². The zero-order chi connectivity index (χ0) is 20.2. The second-order valence-corrected chi connectivity index (χ2v) is 7.03. The van der Waals surface area contributed by atoms with E-state index in [9.17, 15) is 4.79 Å². The summed E-state index contributed by atoms with van der Waals surface area (Å²) in [5.74, 6) is 1.27. The minimum atomic E-state index is -0.263. The van der Waals surface area contributed by atoms with Crippen molar-refractivity contribution in [2.75, 3.05) is 48.8 Å². The largest absolute Gasteiger partial charge is 0.369 e. The normalized spacial score (nSPS) is 14.6. The Hall–Kier alpha value is -3.46. The van der Waals surface area contributed by atoms with Gasteiger partial charge < -0.3 is 25.0 Å². The van der Waals surface area contributed by atoms with Crippen LogP contribution in [-0.2, 0) is 0 Å². The fourth-order valence-corrected chi connectivity index (χ4v) is 3.07. The van der Waals surface area contributed by atoms with Crippen molar-refractivity contribution < 1.29 is 9.32 Å². The Labute approximate surface area is 168 Å². The highest BCUT2D eigenvalue weighted by Gasteiger charge is 2.14. The third-order valence-electron chi connectivity index (χ3n) is 4.78. The van der Waals surface area contributed by atoms with Crippen LogP contribution in [0.5, 0.6) is 0 Å². The Morgan fingerprint density at radius 1 is 1.07 bits per heavy atom. The summed E-state index contributed by atoms with van der Waals surface area (Å²) in [6.45, 7) is 5.92. The van der Waals surface area contributed by atoms with Gasteiger partial charge in [0.15, 0.2) is 5.82 Å². The summed E-state index contributed by atoms with van der Waals surface area (Å²) in [6.07, 6.45) is 2.94.